The van der Waals surface area contributed by atoms with E-state index in [4.69, 9.17) is 16.9 Å². The van der Waals surface area contributed by atoms with E-state index in [1.807, 2.05) is 0 Å². The molecule has 0 bridgehead atoms. The molecule has 82 valence electrons. The smallest absolute Gasteiger partial charge is 0.228 e. The Labute approximate surface area is 107 Å². The summed E-state index contributed by atoms with van der Waals surface area (Å²) in [5.74, 6) is 0.0284. The number of alkyl halides is 1. The van der Waals surface area contributed by atoms with Gasteiger partial charge in [-0.1, -0.05) is 27.5 Å². The highest BCUT2D eigenvalue weighted by molar-refractivity contribution is 9.09. The molecule has 1 aliphatic rings. The number of amides is 1. The van der Waals surface area contributed by atoms with Crippen molar-refractivity contribution in [3.05, 3.63) is 28.8 Å². The number of halogens is 2. The highest BCUT2D eigenvalue weighted by Gasteiger charge is 2.30. The van der Waals surface area contributed by atoms with Gasteiger partial charge in [0.1, 0.15) is 6.07 Å². The zero-order chi connectivity index (χ0) is 11.7. The SMILES string of the molecule is N#Cc1cc(Cl)ccc1N1CC(Br)CC1=O. The summed E-state index contributed by atoms with van der Waals surface area (Å²) in [5, 5.41) is 9.50. The normalized spacial score (nSPS) is 19.9. The summed E-state index contributed by atoms with van der Waals surface area (Å²) >= 11 is 9.21. The van der Waals surface area contributed by atoms with E-state index < -0.39 is 0 Å². The van der Waals surface area contributed by atoms with Crippen LogP contribution in [-0.2, 0) is 4.79 Å². The number of carbonyl (C=O) groups excluding carboxylic acids is 1. The van der Waals surface area contributed by atoms with Crippen molar-refractivity contribution >= 4 is 39.1 Å². The van der Waals surface area contributed by atoms with Gasteiger partial charge in [0.05, 0.1) is 11.3 Å². The van der Waals surface area contributed by atoms with Gasteiger partial charge in [0, 0.05) is 22.8 Å². The fourth-order valence-electron chi connectivity index (χ4n) is 1.73. The number of nitrogens with zero attached hydrogens (tertiary/aromatic N) is 2. The molecule has 0 spiro atoms. The summed E-state index contributed by atoms with van der Waals surface area (Å²) in [5.41, 5.74) is 1.07. The highest BCUT2D eigenvalue weighted by atomic mass is 79.9. The molecule has 1 fully saturated rings. The summed E-state index contributed by atoms with van der Waals surface area (Å²) < 4.78 is 0. The zero-order valence-electron chi connectivity index (χ0n) is 8.28. The number of benzene rings is 1. The highest BCUT2D eigenvalue weighted by Crippen LogP contribution is 2.29. The first-order chi connectivity index (χ1) is 7.61. The van der Waals surface area contributed by atoms with Gasteiger partial charge in [0.2, 0.25) is 5.91 Å². The molecule has 1 atom stereocenters. The number of carbonyl (C=O) groups is 1. The number of hydrogen-bond donors (Lipinski definition) is 0. The predicted octanol–water partition coefficient (Wildman–Crippen LogP) is 2.71. The summed E-state index contributed by atoms with van der Waals surface area (Å²) in [6.45, 7) is 0.592. The second-order valence-electron chi connectivity index (χ2n) is 3.58. The molecule has 1 saturated heterocycles. The molecular formula is C11H8BrClN2O. The quantitative estimate of drug-likeness (QED) is 0.748. The minimum Gasteiger partial charge on any atom is -0.310 e. The van der Waals surface area contributed by atoms with E-state index in [1.165, 1.54) is 0 Å². The van der Waals surface area contributed by atoms with E-state index in [-0.39, 0.29) is 10.7 Å². The lowest BCUT2D eigenvalue weighted by molar-refractivity contribution is -0.117. The summed E-state index contributed by atoms with van der Waals surface area (Å²) in [6, 6.07) is 7.03. The molecule has 1 aromatic carbocycles. The number of rotatable bonds is 1. The first-order valence-corrected chi connectivity index (χ1v) is 6.05. The molecule has 16 heavy (non-hydrogen) atoms. The summed E-state index contributed by atoms with van der Waals surface area (Å²) in [6.07, 6.45) is 0.466. The van der Waals surface area contributed by atoms with Gasteiger partial charge < -0.3 is 4.90 Å². The van der Waals surface area contributed by atoms with Crippen LogP contribution in [0.4, 0.5) is 5.69 Å². The topological polar surface area (TPSA) is 44.1 Å². The zero-order valence-corrected chi connectivity index (χ0v) is 10.6. The van der Waals surface area contributed by atoms with Crippen LogP contribution in [0.5, 0.6) is 0 Å². The minimum atomic E-state index is 0.0284. The Morgan fingerprint density at radius 1 is 1.56 bits per heavy atom. The average Bonchev–Trinajstić information content (AvgIpc) is 2.57. The Hall–Kier alpha value is -1.05. The molecule has 0 aliphatic carbocycles. The monoisotopic (exact) mass is 298 g/mol. The van der Waals surface area contributed by atoms with Crippen molar-refractivity contribution in [3.8, 4) is 6.07 Å². The molecule has 1 heterocycles. The minimum absolute atomic E-state index is 0.0284. The number of nitriles is 1. The lowest BCUT2D eigenvalue weighted by Gasteiger charge is -2.17. The van der Waals surface area contributed by atoms with Gasteiger partial charge in [-0.25, -0.2) is 0 Å². The molecule has 0 saturated carbocycles. The molecule has 1 amide bonds. The van der Waals surface area contributed by atoms with Gasteiger partial charge in [-0.3, -0.25) is 4.79 Å². The van der Waals surface area contributed by atoms with Crippen molar-refractivity contribution in [1.29, 1.82) is 5.26 Å². The van der Waals surface area contributed by atoms with Gasteiger partial charge in [-0.05, 0) is 18.2 Å². The largest absolute Gasteiger partial charge is 0.310 e. The second kappa shape index (κ2) is 4.44. The van der Waals surface area contributed by atoms with Crippen LogP contribution in [0.15, 0.2) is 18.2 Å². The Morgan fingerprint density at radius 3 is 2.88 bits per heavy atom. The van der Waals surface area contributed by atoms with Gasteiger partial charge in [0.15, 0.2) is 0 Å². The number of hydrogen-bond acceptors (Lipinski definition) is 2. The van der Waals surface area contributed by atoms with Crippen molar-refractivity contribution in [2.24, 2.45) is 0 Å². The van der Waals surface area contributed by atoms with Crippen LogP contribution in [0.25, 0.3) is 0 Å². The van der Waals surface area contributed by atoms with E-state index in [2.05, 4.69) is 22.0 Å². The van der Waals surface area contributed by atoms with Crippen LogP contribution < -0.4 is 4.90 Å². The van der Waals surface area contributed by atoms with Crippen LogP contribution in [0, 0.1) is 11.3 Å². The molecule has 0 aromatic heterocycles. The Morgan fingerprint density at radius 2 is 2.31 bits per heavy atom. The van der Waals surface area contributed by atoms with E-state index >= 15 is 0 Å². The molecule has 1 aromatic rings. The molecule has 3 nitrogen and oxygen atoms in total. The van der Waals surface area contributed by atoms with Crippen molar-refractivity contribution < 1.29 is 4.79 Å². The fourth-order valence-corrected chi connectivity index (χ4v) is 2.47. The Bertz CT molecular complexity index is 483. The van der Waals surface area contributed by atoms with Crippen molar-refractivity contribution in [1.82, 2.24) is 0 Å². The lowest BCUT2D eigenvalue weighted by Crippen LogP contribution is -2.25. The Balaban J connectivity index is 2.41. The van der Waals surface area contributed by atoms with Crippen LogP contribution in [0.1, 0.15) is 12.0 Å². The molecular weight excluding hydrogens is 291 g/mol. The van der Waals surface area contributed by atoms with Crippen LogP contribution in [0.2, 0.25) is 5.02 Å². The van der Waals surface area contributed by atoms with Gasteiger partial charge in [0.25, 0.3) is 0 Å². The van der Waals surface area contributed by atoms with E-state index in [0.717, 1.165) is 0 Å². The van der Waals surface area contributed by atoms with E-state index in [0.29, 0.717) is 29.2 Å². The van der Waals surface area contributed by atoms with Crippen molar-refractivity contribution in [3.63, 3.8) is 0 Å². The molecule has 0 radical (unpaired) electrons. The maximum atomic E-state index is 11.7. The lowest BCUT2D eigenvalue weighted by atomic mass is 10.2. The molecule has 5 heteroatoms. The van der Waals surface area contributed by atoms with Crippen LogP contribution in [0.3, 0.4) is 0 Å². The molecule has 1 unspecified atom stereocenters. The van der Waals surface area contributed by atoms with Crippen molar-refractivity contribution in [2.75, 3.05) is 11.4 Å². The van der Waals surface area contributed by atoms with Gasteiger partial charge in [-0.2, -0.15) is 5.26 Å². The van der Waals surface area contributed by atoms with Crippen LogP contribution >= 0.6 is 27.5 Å². The molecule has 0 N–H and O–H groups in total. The first-order valence-electron chi connectivity index (χ1n) is 4.76. The Kier molecular flexibility index (Phi) is 3.17. The second-order valence-corrected chi connectivity index (χ2v) is 5.31. The number of anilines is 1. The van der Waals surface area contributed by atoms with Gasteiger partial charge >= 0.3 is 0 Å². The average molecular weight is 300 g/mol. The third-order valence-corrected chi connectivity index (χ3v) is 3.30. The molecule has 2 rings (SSSR count). The van der Waals surface area contributed by atoms with E-state index in [9.17, 15) is 4.79 Å². The van der Waals surface area contributed by atoms with E-state index in [1.54, 1.807) is 23.1 Å². The predicted molar refractivity (Wildman–Crippen MR) is 65.9 cm³/mol. The fraction of sp³-hybridized carbons (Fsp3) is 0.273. The third kappa shape index (κ3) is 2.06. The maximum Gasteiger partial charge on any atom is 0.228 e. The van der Waals surface area contributed by atoms with Crippen LogP contribution in [-0.4, -0.2) is 17.3 Å². The van der Waals surface area contributed by atoms with Crippen molar-refractivity contribution in [2.45, 2.75) is 11.2 Å². The summed E-state index contributed by atoms with van der Waals surface area (Å²) in [4.78, 5) is 13.5. The standard InChI is InChI=1S/C11H8BrClN2O/c12-8-4-11(16)15(6-8)10-2-1-9(13)3-7(10)5-14/h1-3,8H,4,6H2. The first kappa shape index (κ1) is 11.4. The third-order valence-electron chi connectivity index (χ3n) is 2.45. The summed E-state index contributed by atoms with van der Waals surface area (Å²) in [7, 11) is 0. The maximum absolute atomic E-state index is 11.7. The molecule has 1 aliphatic heterocycles. The van der Waals surface area contributed by atoms with Gasteiger partial charge in [-0.15, -0.1) is 0 Å².